The van der Waals surface area contributed by atoms with Crippen molar-refractivity contribution in [3.05, 3.63) is 67.1 Å². The van der Waals surface area contributed by atoms with Crippen LogP contribution in [0.3, 0.4) is 0 Å². The molecule has 5 heteroatoms. The van der Waals surface area contributed by atoms with Gasteiger partial charge in [0.1, 0.15) is 0 Å². The van der Waals surface area contributed by atoms with Crippen molar-refractivity contribution in [1.29, 1.82) is 0 Å². The molecule has 2 N–H and O–H groups in total. The molecule has 2 aromatic rings. The highest BCUT2D eigenvalue weighted by atomic mass is 35.5. The fraction of sp³-hybridized carbons (Fsp3) is 0.586. The quantitative estimate of drug-likeness (QED) is 0.420. The van der Waals surface area contributed by atoms with Crippen molar-refractivity contribution in [2.75, 3.05) is 0 Å². The van der Waals surface area contributed by atoms with Crippen LogP contribution in [0, 0.1) is 31.6 Å². The number of aryl methyl sites for hydroxylation is 2. The molecule has 1 atom stereocenters. The molecule has 3 rings (SSSR count). The zero-order valence-electron chi connectivity index (χ0n) is 21.7. The van der Waals surface area contributed by atoms with Crippen molar-refractivity contribution >= 4 is 17.5 Å². The van der Waals surface area contributed by atoms with Crippen LogP contribution in [0.1, 0.15) is 104 Å². The number of H-pyrrole nitrogens is 1. The summed E-state index contributed by atoms with van der Waals surface area (Å²) in [6.07, 6.45) is 6.89. The standard InChI is InChI=1S/C29H41ClN2O2/c1-7-23(21-11-9-20(10-12-21)17(3)4)25-14-22(30)15-26(24(25)8-2)28(33)31-16-27-18(5)13-19(6)32-29(27)34/h13-15,17,20-21,23H,7-12,16H2,1-6H3,(H,31,33)(H,32,34). The van der Waals surface area contributed by atoms with Crippen LogP contribution in [0.15, 0.2) is 23.0 Å². The zero-order chi connectivity index (χ0) is 25.0. The molecule has 1 aromatic carbocycles. The van der Waals surface area contributed by atoms with Gasteiger partial charge in [-0.1, -0.05) is 39.3 Å². The number of carbonyl (C=O) groups is 1. The molecule has 0 radical (unpaired) electrons. The first-order valence-electron chi connectivity index (χ1n) is 13.0. The summed E-state index contributed by atoms with van der Waals surface area (Å²) >= 11 is 6.58. The normalized spacial score (nSPS) is 19.3. The van der Waals surface area contributed by atoms with E-state index in [0.29, 0.717) is 28.0 Å². The number of benzene rings is 1. The van der Waals surface area contributed by atoms with Gasteiger partial charge in [0.05, 0.1) is 0 Å². The number of aromatic amines is 1. The topological polar surface area (TPSA) is 62.0 Å². The number of carbonyl (C=O) groups excluding carboxylic acids is 1. The van der Waals surface area contributed by atoms with Gasteiger partial charge in [0, 0.05) is 28.4 Å². The number of pyridine rings is 1. The Morgan fingerprint density at radius 3 is 2.26 bits per heavy atom. The van der Waals surface area contributed by atoms with Crippen LogP contribution in [0.4, 0.5) is 0 Å². The largest absolute Gasteiger partial charge is 0.348 e. The fourth-order valence-corrected chi connectivity index (χ4v) is 6.20. The lowest BCUT2D eigenvalue weighted by atomic mass is 9.69. The lowest BCUT2D eigenvalue weighted by Crippen LogP contribution is -2.29. The van der Waals surface area contributed by atoms with E-state index in [1.54, 1.807) is 6.07 Å². The van der Waals surface area contributed by atoms with E-state index in [2.05, 4.69) is 44.1 Å². The van der Waals surface area contributed by atoms with Gasteiger partial charge in [-0.15, -0.1) is 0 Å². The predicted molar refractivity (Wildman–Crippen MR) is 142 cm³/mol. The van der Waals surface area contributed by atoms with E-state index in [9.17, 15) is 9.59 Å². The molecule has 4 nitrogen and oxygen atoms in total. The first-order chi connectivity index (χ1) is 16.2. The van der Waals surface area contributed by atoms with Crippen LogP contribution in [-0.4, -0.2) is 10.9 Å². The Balaban J connectivity index is 1.86. The minimum Gasteiger partial charge on any atom is -0.348 e. The third-order valence-corrected chi connectivity index (χ3v) is 8.15. The second kappa shape index (κ2) is 11.6. The smallest absolute Gasteiger partial charge is 0.253 e. The molecule has 1 amide bonds. The SMILES string of the molecule is CCc1c(C(=O)NCc2c(C)cc(C)[nH]c2=O)cc(Cl)cc1C(CC)C1CCC(C(C)C)CC1. The van der Waals surface area contributed by atoms with Crippen molar-refractivity contribution in [3.8, 4) is 0 Å². The molecule has 34 heavy (non-hydrogen) atoms. The van der Waals surface area contributed by atoms with Gasteiger partial charge in [-0.05, 0) is 111 Å². The Morgan fingerprint density at radius 1 is 1.06 bits per heavy atom. The van der Waals surface area contributed by atoms with Crippen LogP contribution < -0.4 is 10.9 Å². The summed E-state index contributed by atoms with van der Waals surface area (Å²) in [4.78, 5) is 28.5. The number of nitrogens with one attached hydrogen (secondary N) is 2. The van der Waals surface area contributed by atoms with Gasteiger partial charge >= 0.3 is 0 Å². The summed E-state index contributed by atoms with van der Waals surface area (Å²) in [5.74, 6) is 2.45. The van der Waals surface area contributed by atoms with E-state index < -0.39 is 0 Å². The number of rotatable bonds is 8. The number of halogens is 1. The van der Waals surface area contributed by atoms with E-state index >= 15 is 0 Å². The van der Waals surface area contributed by atoms with Crippen molar-refractivity contribution in [2.24, 2.45) is 17.8 Å². The maximum atomic E-state index is 13.3. The first-order valence-corrected chi connectivity index (χ1v) is 13.3. The van der Waals surface area contributed by atoms with Gasteiger partial charge in [-0.3, -0.25) is 9.59 Å². The molecule has 0 spiro atoms. The third kappa shape index (κ3) is 5.94. The van der Waals surface area contributed by atoms with Crippen LogP contribution >= 0.6 is 11.6 Å². The number of hydrogen-bond acceptors (Lipinski definition) is 2. The van der Waals surface area contributed by atoms with Crippen molar-refractivity contribution in [2.45, 2.75) is 92.5 Å². The molecule has 0 bridgehead atoms. The molecule has 1 aliphatic rings. The number of amides is 1. The van der Waals surface area contributed by atoms with Gasteiger partial charge in [0.2, 0.25) is 0 Å². The molecule has 1 aliphatic carbocycles. The fourth-order valence-electron chi connectivity index (χ4n) is 5.97. The van der Waals surface area contributed by atoms with E-state index in [0.717, 1.165) is 41.5 Å². The van der Waals surface area contributed by atoms with Crippen molar-refractivity contribution in [3.63, 3.8) is 0 Å². The minimum absolute atomic E-state index is 0.150. The maximum absolute atomic E-state index is 13.3. The summed E-state index contributed by atoms with van der Waals surface area (Å²) in [6, 6.07) is 5.81. The second-order valence-corrected chi connectivity index (χ2v) is 10.9. The Hall–Kier alpha value is -2.07. The average Bonchev–Trinajstić information content (AvgIpc) is 2.78. The van der Waals surface area contributed by atoms with Crippen LogP contribution in [0.5, 0.6) is 0 Å². The predicted octanol–water partition coefficient (Wildman–Crippen LogP) is 7.09. The van der Waals surface area contributed by atoms with Crippen molar-refractivity contribution < 1.29 is 4.79 Å². The number of aromatic nitrogens is 1. The molecule has 1 aromatic heterocycles. The van der Waals surface area contributed by atoms with Gasteiger partial charge in [-0.2, -0.15) is 0 Å². The zero-order valence-corrected chi connectivity index (χ0v) is 22.4. The molecule has 0 aliphatic heterocycles. The minimum atomic E-state index is -0.168. The van der Waals surface area contributed by atoms with Crippen LogP contribution in [-0.2, 0) is 13.0 Å². The molecule has 1 fully saturated rings. The van der Waals surface area contributed by atoms with E-state index in [4.69, 9.17) is 11.6 Å². The highest BCUT2D eigenvalue weighted by Gasteiger charge is 2.31. The van der Waals surface area contributed by atoms with Gasteiger partial charge in [0.25, 0.3) is 11.5 Å². The van der Waals surface area contributed by atoms with Gasteiger partial charge in [-0.25, -0.2) is 0 Å². The second-order valence-electron chi connectivity index (χ2n) is 10.4. The average molecular weight is 485 g/mol. The lowest BCUT2D eigenvalue weighted by molar-refractivity contribution is 0.0949. The van der Waals surface area contributed by atoms with Gasteiger partial charge in [0.15, 0.2) is 0 Å². The highest BCUT2D eigenvalue weighted by molar-refractivity contribution is 6.31. The molecule has 186 valence electrons. The molecule has 1 unspecified atom stereocenters. The molecular formula is C29H41ClN2O2. The van der Waals surface area contributed by atoms with E-state index in [1.807, 2.05) is 19.9 Å². The lowest BCUT2D eigenvalue weighted by Gasteiger charge is -2.36. The van der Waals surface area contributed by atoms with Crippen LogP contribution in [0.2, 0.25) is 5.02 Å². The van der Waals surface area contributed by atoms with Gasteiger partial charge < -0.3 is 10.3 Å². The summed E-state index contributed by atoms with van der Waals surface area (Å²) in [6.45, 7) is 13.0. The summed E-state index contributed by atoms with van der Waals surface area (Å²) < 4.78 is 0. The Bertz CT molecular complexity index is 1060. The monoisotopic (exact) mass is 484 g/mol. The van der Waals surface area contributed by atoms with Crippen LogP contribution in [0.25, 0.3) is 0 Å². The number of hydrogen-bond donors (Lipinski definition) is 2. The first kappa shape index (κ1) is 26.5. The molecule has 1 heterocycles. The summed E-state index contributed by atoms with van der Waals surface area (Å²) in [5, 5.41) is 3.59. The van der Waals surface area contributed by atoms with E-state index in [-0.39, 0.29) is 18.0 Å². The summed E-state index contributed by atoms with van der Waals surface area (Å²) in [7, 11) is 0. The maximum Gasteiger partial charge on any atom is 0.253 e. The highest BCUT2D eigenvalue weighted by Crippen LogP contribution is 2.43. The molecular weight excluding hydrogens is 444 g/mol. The molecule has 0 saturated heterocycles. The van der Waals surface area contributed by atoms with E-state index in [1.165, 1.54) is 31.2 Å². The Morgan fingerprint density at radius 2 is 1.71 bits per heavy atom. The Labute approximate surface area is 209 Å². The summed E-state index contributed by atoms with van der Waals surface area (Å²) in [5.41, 5.74) is 5.11. The van der Waals surface area contributed by atoms with Crippen molar-refractivity contribution in [1.82, 2.24) is 10.3 Å². The Kier molecular flexibility index (Phi) is 9.03. The molecule has 1 saturated carbocycles. The third-order valence-electron chi connectivity index (χ3n) is 7.93.